The van der Waals surface area contributed by atoms with Crippen molar-refractivity contribution < 1.29 is 4.74 Å². The summed E-state index contributed by atoms with van der Waals surface area (Å²) in [6.45, 7) is 4.89. The van der Waals surface area contributed by atoms with E-state index in [1.165, 1.54) is 17.5 Å². The van der Waals surface area contributed by atoms with Gasteiger partial charge in [0.15, 0.2) is 0 Å². The third kappa shape index (κ3) is 2.63. The first kappa shape index (κ1) is 12.9. The number of benzene rings is 1. The number of ether oxygens (including phenoxy) is 1. The van der Waals surface area contributed by atoms with Crippen molar-refractivity contribution in [1.82, 2.24) is 9.55 Å². The largest absolute Gasteiger partial charge is 0.381 e. The van der Waals surface area contributed by atoms with Crippen LogP contribution < -0.4 is 0 Å². The molecule has 0 aliphatic carbocycles. The van der Waals surface area contributed by atoms with Crippen molar-refractivity contribution in [1.29, 1.82) is 0 Å². The Labute approximate surface area is 118 Å². The Balaban J connectivity index is 1.87. The minimum atomic E-state index is 0.467. The zero-order chi connectivity index (χ0) is 13.2. The molecule has 19 heavy (non-hydrogen) atoms. The minimum Gasteiger partial charge on any atom is -0.381 e. The highest BCUT2D eigenvalue weighted by molar-refractivity contribution is 6.16. The zero-order valence-corrected chi connectivity index (χ0v) is 12.0. The molecule has 1 saturated heterocycles. The van der Waals surface area contributed by atoms with Crippen LogP contribution in [0.15, 0.2) is 18.2 Å². The lowest BCUT2D eigenvalue weighted by molar-refractivity contribution is 0.183. The number of hydrogen-bond donors (Lipinski definition) is 0. The van der Waals surface area contributed by atoms with Gasteiger partial charge in [0.1, 0.15) is 5.82 Å². The van der Waals surface area contributed by atoms with Gasteiger partial charge >= 0.3 is 0 Å². The Morgan fingerprint density at radius 1 is 1.47 bits per heavy atom. The van der Waals surface area contributed by atoms with E-state index in [1.54, 1.807) is 0 Å². The summed E-state index contributed by atoms with van der Waals surface area (Å²) in [5.74, 6) is 2.13. The average Bonchev–Trinajstić information content (AvgIpc) is 3.02. The lowest BCUT2D eigenvalue weighted by Crippen LogP contribution is -2.08. The molecule has 0 spiro atoms. The van der Waals surface area contributed by atoms with Crippen molar-refractivity contribution in [3.63, 3.8) is 0 Å². The average molecular weight is 279 g/mol. The van der Waals surface area contributed by atoms with Crippen LogP contribution >= 0.6 is 11.6 Å². The maximum absolute atomic E-state index is 6.03. The second-order valence-corrected chi connectivity index (χ2v) is 5.59. The molecule has 2 aromatic rings. The van der Waals surface area contributed by atoms with Crippen LogP contribution in [0.1, 0.15) is 24.2 Å². The van der Waals surface area contributed by atoms with E-state index in [-0.39, 0.29) is 0 Å². The first-order valence-electron chi connectivity index (χ1n) is 6.87. The molecule has 3 rings (SSSR count). The molecule has 1 aromatic carbocycles. The Hall–Kier alpha value is -1.06. The van der Waals surface area contributed by atoms with Crippen LogP contribution in [0.2, 0.25) is 0 Å². The van der Waals surface area contributed by atoms with Crippen molar-refractivity contribution in [2.75, 3.05) is 13.2 Å². The van der Waals surface area contributed by atoms with E-state index in [1.807, 2.05) is 0 Å². The van der Waals surface area contributed by atoms with Gasteiger partial charge in [-0.25, -0.2) is 4.98 Å². The highest BCUT2D eigenvalue weighted by atomic mass is 35.5. The Bertz CT molecular complexity index is 573. The molecular weight excluding hydrogens is 260 g/mol. The molecule has 0 N–H and O–H groups in total. The number of rotatable bonds is 4. The van der Waals surface area contributed by atoms with Gasteiger partial charge < -0.3 is 9.30 Å². The Morgan fingerprint density at radius 3 is 3.11 bits per heavy atom. The molecule has 2 heterocycles. The predicted molar refractivity (Wildman–Crippen MR) is 77.6 cm³/mol. The Morgan fingerprint density at radius 2 is 2.37 bits per heavy atom. The van der Waals surface area contributed by atoms with Crippen LogP contribution in [-0.4, -0.2) is 22.8 Å². The number of aromatic nitrogens is 2. The van der Waals surface area contributed by atoms with Crippen molar-refractivity contribution in [3.05, 3.63) is 29.6 Å². The maximum atomic E-state index is 6.03. The summed E-state index contributed by atoms with van der Waals surface area (Å²) in [6.07, 6.45) is 2.32. The topological polar surface area (TPSA) is 27.1 Å². The lowest BCUT2D eigenvalue weighted by Gasteiger charge is -2.11. The quantitative estimate of drug-likeness (QED) is 0.800. The fourth-order valence-electron chi connectivity index (χ4n) is 2.76. The minimum absolute atomic E-state index is 0.467. The number of alkyl halides is 1. The van der Waals surface area contributed by atoms with Gasteiger partial charge in [-0.3, -0.25) is 0 Å². The van der Waals surface area contributed by atoms with E-state index in [9.17, 15) is 0 Å². The molecular formula is C15H19ClN2O. The van der Waals surface area contributed by atoms with Gasteiger partial charge in [0.25, 0.3) is 0 Å². The summed E-state index contributed by atoms with van der Waals surface area (Å²) >= 11 is 6.03. The highest BCUT2D eigenvalue weighted by Crippen LogP contribution is 2.22. The smallest absolute Gasteiger partial charge is 0.124 e. The molecule has 102 valence electrons. The van der Waals surface area contributed by atoms with Crippen molar-refractivity contribution >= 4 is 22.6 Å². The van der Waals surface area contributed by atoms with Gasteiger partial charge in [-0.1, -0.05) is 6.07 Å². The molecule has 1 unspecified atom stereocenters. The SMILES string of the molecule is Cc1ccc2c(c1)nc(CCl)n2CCC1CCOC1. The normalized spacial score (nSPS) is 19.4. The maximum Gasteiger partial charge on any atom is 0.124 e. The van der Waals surface area contributed by atoms with E-state index in [0.717, 1.165) is 37.5 Å². The van der Waals surface area contributed by atoms with Crippen LogP contribution in [0, 0.1) is 12.8 Å². The van der Waals surface area contributed by atoms with Crippen LogP contribution in [0.5, 0.6) is 0 Å². The molecule has 4 heteroatoms. The van der Waals surface area contributed by atoms with Gasteiger partial charge in [-0.05, 0) is 43.4 Å². The van der Waals surface area contributed by atoms with E-state index in [0.29, 0.717) is 11.8 Å². The van der Waals surface area contributed by atoms with E-state index in [4.69, 9.17) is 16.3 Å². The third-order valence-corrected chi connectivity index (χ3v) is 4.13. The first-order chi connectivity index (χ1) is 9.28. The number of imidazole rings is 1. The van der Waals surface area contributed by atoms with Gasteiger partial charge in [-0.15, -0.1) is 11.6 Å². The fourth-order valence-corrected chi connectivity index (χ4v) is 2.97. The highest BCUT2D eigenvalue weighted by Gasteiger charge is 2.17. The molecule has 0 radical (unpaired) electrons. The fraction of sp³-hybridized carbons (Fsp3) is 0.533. The van der Waals surface area contributed by atoms with E-state index in [2.05, 4.69) is 34.7 Å². The summed E-state index contributed by atoms with van der Waals surface area (Å²) in [5.41, 5.74) is 3.49. The summed E-state index contributed by atoms with van der Waals surface area (Å²) in [5, 5.41) is 0. The first-order valence-corrected chi connectivity index (χ1v) is 7.41. The summed E-state index contributed by atoms with van der Waals surface area (Å²) in [6, 6.07) is 6.41. The molecule has 0 amide bonds. The van der Waals surface area contributed by atoms with Gasteiger partial charge in [0.2, 0.25) is 0 Å². The molecule has 3 nitrogen and oxygen atoms in total. The van der Waals surface area contributed by atoms with E-state index >= 15 is 0 Å². The number of halogens is 1. The van der Waals surface area contributed by atoms with Crippen molar-refractivity contribution in [3.8, 4) is 0 Å². The summed E-state index contributed by atoms with van der Waals surface area (Å²) < 4.78 is 7.70. The lowest BCUT2D eigenvalue weighted by atomic mass is 10.1. The second kappa shape index (κ2) is 5.51. The molecule has 1 aromatic heterocycles. The molecule has 1 aliphatic heterocycles. The summed E-state index contributed by atoms with van der Waals surface area (Å²) in [4.78, 5) is 4.64. The Kier molecular flexibility index (Phi) is 3.76. The second-order valence-electron chi connectivity index (χ2n) is 5.32. The van der Waals surface area contributed by atoms with Crippen LogP contribution in [0.3, 0.4) is 0 Å². The van der Waals surface area contributed by atoms with Gasteiger partial charge in [0, 0.05) is 19.8 Å². The monoisotopic (exact) mass is 278 g/mol. The predicted octanol–water partition coefficient (Wildman–Crippen LogP) is 3.51. The number of aryl methyl sites for hydroxylation is 2. The van der Waals surface area contributed by atoms with E-state index < -0.39 is 0 Å². The van der Waals surface area contributed by atoms with Gasteiger partial charge in [0.05, 0.1) is 16.9 Å². The van der Waals surface area contributed by atoms with Crippen LogP contribution in [0.25, 0.3) is 11.0 Å². The standard InChI is InChI=1S/C15H19ClN2O/c1-11-2-3-14-13(8-11)17-15(9-16)18(14)6-4-12-5-7-19-10-12/h2-3,8,12H,4-7,9-10H2,1H3. The van der Waals surface area contributed by atoms with Crippen molar-refractivity contribution in [2.24, 2.45) is 5.92 Å². The van der Waals surface area contributed by atoms with Gasteiger partial charge in [-0.2, -0.15) is 0 Å². The molecule has 1 atom stereocenters. The summed E-state index contributed by atoms with van der Waals surface area (Å²) in [7, 11) is 0. The number of fused-ring (bicyclic) bond motifs is 1. The third-order valence-electron chi connectivity index (χ3n) is 3.89. The van der Waals surface area contributed by atoms with Crippen molar-refractivity contribution in [2.45, 2.75) is 32.2 Å². The molecule has 0 bridgehead atoms. The molecule has 1 fully saturated rings. The number of nitrogens with zero attached hydrogens (tertiary/aromatic N) is 2. The molecule has 0 saturated carbocycles. The van der Waals surface area contributed by atoms with Crippen LogP contribution in [-0.2, 0) is 17.2 Å². The molecule has 1 aliphatic rings. The zero-order valence-electron chi connectivity index (χ0n) is 11.2. The van der Waals surface area contributed by atoms with Crippen LogP contribution in [0.4, 0.5) is 0 Å². The number of hydrogen-bond acceptors (Lipinski definition) is 2.